The van der Waals surface area contributed by atoms with Crippen molar-refractivity contribution in [3.63, 3.8) is 0 Å². The van der Waals surface area contributed by atoms with Gasteiger partial charge in [0.15, 0.2) is 0 Å². The van der Waals surface area contributed by atoms with E-state index in [0.717, 1.165) is 18.1 Å². The van der Waals surface area contributed by atoms with Gasteiger partial charge >= 0.3 is 0 Å². The second kappa shape index (κ2) is 6.36. The second-order valence-electron chi connectivity index (χ2n) is 4.90. The van der Waals surface area contributed by atoms with Crippen LogP contribution in [0.15, 0.2) is 24.8 Å². The van der Waals surface area contributed by atoms with E-state index in [2.05, 4.69) is 15.3 Å². The molecule has 6 nitrogen and oxygen atoms in total. The maximum absolute atomic E-state index is 12.0. The number of imidazole rings is 2. The molecule has 1 N–H and O–H groups in total. The number of amides is 1. The van der Waals surface area contributed by atoms with Crippen molar-refractivity contribution >= 4 is 5.91 Å². The van der Waals surface area contributed by atoms with Crippen LogP contribution in [0.5, 0.6) is 0 Å². The zero-order valence-electron chi connectivity index (χ0n) is 12.2. The van der Waals surface area contributed by atoms with Crippen LogP contribution in [0.4, 0.5) is 0 Å². The van der Waals surface area contributed by atoms with Crippen molar-refractivity contribution in [2.45, 2.75) is 25.7 Å². The van der Waals surface area contributed by atoms with Crippen molar-refractivity contribution in [2.24, 2.45) is 14.1 Å². The molecule has 2 rings (SSSR count). The molecule has 0 spiro atoms. The lowest BCUT2D eigenvalue weighted by Gasteiger charge is -2.16. The lowest BCUT2D eigenvalue weighted by atomic mass is 10.0. The third-order valence-electron chi connectivity index (χ3n) is 3.30. The molecule has 2 heterocycles. The van der Waals surface area contributed by atoms with Crippen molar-refractivity contribution in [2.75, 3.05) is 6.54 Å². The molecule has 2 aromatic heterocycles. The molecular weight excluding hydrogens is 254 g/mol. The quantitative estimate of drug-likeness (QED) is 0.861. The number of nitrogens with one attached hydrogen (secondary N) is 1. The lowest BCUT2D eigenvalue weighted by molar-refractivity contribution is -0.121. The van der Waals surface area contributed by atoms with Crippen molar-refractivity contribution in [3.8, 4) is 0 Å². The minimum absolute atomic E-state index is 0.0304. The first-order valence-corrected chi connectivity index (χ1v) is 6.84. The Balaban J connectivity index is 2.24. The zero-order valence-corrected chi connectivity index (χ0v) is 12.2. The number of carbonyl (C=O) groups excluding carboxylic acids is 1. The van der Waals surface area contributed by atoms with Crippen LogP contribution in [0.3, 0.4) is 0 Å². The van der Waals surface area contributed by atoms with Gasteiger partial charge in [0.25, 0.3) is 0 Å². The summed E-state index contributed by atoms with van der Waals surface area (Å²) in [5, 5.41) is 2.91. The summed E-state index contributed by atoms with van der Waals surface area (Å²) in [5.74, 6) is 1.60. The molecule has 0 aromatic carbocycles. The third kappa shape index (κ3) is 3.07. The Labute approximate surface area is 118 Å². The maximum Gasteiger partial charge on any atom is 0.221 e. The minimum Gasteiger partial charge on any atom is -0.356 e. The molecule has 0 aliphatic carbocycles. The van der Waals surface area contributed by atoms with Gasteiger partial charge in [0.2, 0.25) is 5.91 Å². The van der Waals surface area contributed by atoms with E-state index in [1.807, 2.05) is 42.5 Å². The van der Waals surface area contributed by atoms with Crippen molar-refractivity contribution in [3.05, 3.63) is 36.4 Å². The Hall–Kier alpha value is -2.11. The molecule has 0 atom stereocenters. The number of aromatic nitrogens is 4. The molecule has 0 saturated carbocycles. The van der Waals surface area contributed by atoms with Crippen LogP contribution in [0.1, 0.15) is 37.3 Å². The van der Waals surface area contributed by atoms with E-state index < -0.39 is 0 Å². The number of carbonyl (C=O) groups is 1. The van der Waals surface area contributed by atoms with Gasteiger partial charge in [-0.15, -0.1) is 0 Å². The average Bonchev–Trinajstić information content (AvgIpc) is 3.02. The Kier molecular flexibility index (Phi) is 4.55. The summed E-state index contributed by atoms with van der Waals surface area (Å²) in [6.45, 7) is 2.74. The molecule has 0 aliphatic heterocycles. The fraction of sp³-hybridized carbons (Fsp3) is 0.500. The van der Waals surface area contributed by atoms with Crippen LogP contribution < -0.4 is 5.32 Å². The average molecular weight is 275 g/mol. The number of aryl methyl sites for hydroxylation is 2. The fourth-order valence-corrected chi connectivity index (χ4v) is 2.25. The third-order valence-corrected chi connectivity index (χ3v) is 3.30. The summed E-state index contributed by atoms with van der Waals surface area (Å²) in [6.07, 6.45) is 8.55. The molecule has 20 heavy (non-hydrogen) atoms. The van der Waals surface area contributed by atoms with Crippen LogP contribution in [-0.2, 0) is 18.9 Å². The molecule has 0 fully saturated rings. The fourth-order valence-electron chi connectivity index (χ4n) is 2.25. The standard InChI is InChI=1S/C14H21N5O/c1-4-5-15-12(20)10-11(13-16-6-8-18(13)2)14-17-7-9-19(14)3/h6-9,11H,4-5,10H2,1-3H3,(H,15,20). The van der Waals surface area contributed by atoms with E-state index >= 15 is 0 Å². The van der Waals surface area contributed by atoms with Gasteiger partial charge in [0, 0.05) is 51.8 Å². The van der Waals surface area contributed by atoms with Gasteiger partial charge in [-0.25, -0.2) is 9.97 Å². The highest BCUT2D eigenvalue weighted by Gasteiger charge is 2.25. The summed E-state index contributed by atoms with van der Waals surface area (Å²) >= 11 is 0. The predicted molar refractivity (Wildman–Crippen MR) is 76.2 cm³/mol. The predicted octanol–water partition coefficient (Wildman–Crippen LogP) is 1.20. The lowest BCUT2D eigenvalue weighted by Crippen LogP contribution is -2.27. The minimum atomic E-state index is -0.133. The topological polar surface area (TPSA) is 64.7 Å². The molecule has 0 unspecified atom stereocenters. The number of rotatable bonds is 6. The van der Waals surface area contributed by atoms with E-state index in [-0.39, 0.29) is 11.8 Å². The highest BCUT2D eigenvalue weighted by Crippen LogP contribution is 2.24. The summed E-state index contributed by atoms with van der Waals surface area (Å²) in [4.78, 5) is 20.8. The van der Waals surface area contributed by atoms with Gasteiger partial charge in [-0.2, -0.15) is 0 Å². The highest BCUT2D eigenvalue weighted by molar-refractivity contribution is 5.77. The first-order valence-electron chi connectivity index (χ1n) is 6.84. The van der Waals surface area contributed by atoms with E-state index in [1.165, 1.54) is 0 Å². The van der Waals surface area contributed by atoms with E-state index in [0.29, 0.717) is 13.0 Å². The van der Waals surface area contributed by atoms with E-state index in [1.54, 1.807) is 12.4 Å². The maximum atomic E-state index is 12.0. The van der Waals surface area contributed by atoms with Crippen molar-refractivity contribution < 1.29 is 4.79 Å². The second-order valence-corrected chi connectivity index (χ2v) is 4.90. The van der Waals surface area contributed by atoms with E-state index in [9.17, 15) is 4.79 Å². The Morgan fingerprint density at radius 1 is 1.20 bits per heavy atom. The van der Waals surface area contributed by atoms with Crippen molar-refractivity contribution in [1.82, 2.24) is 24.4 Å². The van der Waals surface area contributed by atoms with Crippen molar-refractivity contribution in [1.29, 1.82) is 0 Å². The van der Waals surface area contributed by atoms with Gasteiger partial charge in [-0.1, -0.05) is 6.92 Å². The molecule has 0 saturated heterocycles. The van der Waals surface area contributed by atoms with Crippen LogP contribution in [0, 0.1) is 0 Å². The number of hydrogen-bond acceptors (Lipinski definition) is 3. The Bertz CT molecular complexity index is 531. The highest BCUT2D eigenvalue weighted by atomic mass is 16.1. The molecule has 108 valence electrons. The molecule has 0 bridgehead atoms. The van der Waals surface area contributed by atoms with Gasteiger partial charge in [0.1, 0.15) is 11.6 Å². The van der Waals surface area contributed by atoms with E-state index in [4.69, 9.17) is 0 Å². The van der Waals surface area contributed by atoms with Crippen LogP contribution in [0.25, 0.3) is 0 Å². The normalized spacial score (nSPS) is 11.0. The first-order chi connectivity index (χ1) is 9.63. The van der Waals surface area contributed by atoms with Crippen LogP contribution in [-0.4, -0.2) is 31.6 Å². The number of nitrogens with zero attached hydrogens (tertiary/aromatic N) is 4. The molecule has 0 aliphatic rings. The first kappa shape index (κ1) is 14.3. The van der Waals surface area contributed by atoms with Gasteiger partial charge in [-0.05, 0) is 6.42 Å². The monoisotopic (exact) mass is 275 g/mol. The van der Waals surface area contributed by atoms with Gasteiger partial charge in [0.05, 0.1) is 5.92 Å². The molecule has 1 amide bonds. The smallest absolute Gasteiger partial charge is 0.221 e. The zero-order chi connectivity index (χ0) is 14.5. The van der Waals surface area contributed by atoms with Crippen LogP contribution in [0.2, 0.25) is 0 Å². The number of hydrogen-bond donors (Lipinski definition) is 1. The molecule has 0 radical (unpaired) electrons. The largest absolute Gasteiger partial charge is 0.356 e. The SMILES string of the molecule is CCCNC(=O)CC(c1nccn1C)c1nccn1C. The molecule has 6 heteroatoms. The van der Waals surface area contributed by atoms with Gasteiger partial charge in [-0.3, -0.25) is 4.79 Å². The summed E-state index contributed by atoms with van der Waals surface area (Å²) in [6, 6.07) is 0. The molecular formula is C14H21N5O. The summed E-state index contributed by atoms with van der Waals surface area (Å²) < 4.78 is 3.87. The summed E-state index contributed by atoms with van der Waals surface area (Å²) in [5.41, 5.74) is 0. The Morgan fingerprint density at radius 3 is 2.15 bits per heavy atom. The molecule has 2 aromatic rings. The summed E-state index contributed by atoms with van der Waals surface area (Å²) in [7, 11) is 3.87. The van der Waals surface area contributed by atoms with Crippen LogP contribution >= 0.6 is 0 Å². The Morgan fingerprint density at radius 2 is 1.75 bits per heavy atom. The van der Waals surface area contributed by atoms with Gasteiger partial charge < -0.3 is 14.5 Å².